The summed E-state index contributed by atoms with van der Waals surface area (Å²) in [6.07, 6.45) is 8.90. The number of carbonyl (C=O) groups excluding carboxylic acids is 1. The molecular formula is C18H13NO3. The minimum Gasteiger partial charge on any atom is -0.457 e. The van der Waals surface area contributed by atoms with Gasteiger partial charge in [0, 0.05) is 12.4 Å². The molecule has 0 amide bonds. The average molecular weight is 291 g/mol. The summed E-state index contributed by atoms with van der Waals surface area (Å²) in [5.41, 5.74) is 2.08. The van der Waals surface area contributed by atoms with E-state index in [1.165, 1.54) is 6.26 Å². The van der Waals surface area contributed by atoms with Crippen LogP contribution in [0, 0.1) is 0 Å². The fraction of sp³-hybridized carbons (Fsp3) is 0. The van der Waals surface area contributed by atoms with Crippen molar-refractivity contribution in [3.8, 4) is 5.75 Å². The smallest absolute Gasteiger partial charge is 0.379 e. The molecule has 0 aliphatic carbocycles. The zero-order chi connectivity index (χ0) is 15.2. The van der Waals surface area contributed by atoms with Gasteiger partial charge in [-0.1, -0.05) is 24.3 Å². The summed E-state index contributed by atoms with van der Waals surface area (Å²) in [6.45, 7) is 0. The lowest BCUT2D eigenvalue weighted by Crippen LogP contribution is -2.06. The minimum absolute atomic E-state index is 0.182. The Morgan fingerprint density at radius 3 is 2.27 bits per heavy atom. The standard InChI is InChI=1S/C18H13NO3/c20-18(17-2-1-13-21-17)22-16-7-5-14(6-8-16)3-4-15-9-11-19-12-10-15/h1-13H. The number of furan rings is 1. The molecule has 4 heteroatoms. The van der Waals surface area contributed by atoms with Gasteiger partial charge in [-0.2, -0.15) is 0 Å². The summed E-state index contributed by atoms with van der Waals surface area (Å²) in [5, 5.41) is 0. The second-order valence-electron chi connectivity index (χ2n) is 4.55. The Morgan fingerprint density at radius 1 is 0.955 bits per heavy atom. The molecule has 0 fully saturated rings. The Kier molecular flexibility index (Phi) is 4.11. The van der Waals surface area contributed by atoms with E-state index < -0.39 is 5.97 Å². The van der Waals surface area contributed by atoms with Gasteiger partial charge in [0.2, 0.25) is 5.76 Å². The highest BCUT2D eigenvalue weighted by Gasteiger charge is 2.10. The number of ether oxygens (including phenoxy) is 1. The van der Waals surface area contributed by atoms with Crippen LogP contribution in [-0.4, -0.2) is 11.0 Å². The maximum atomic E-state index is 11.7. The van der Waals surface area contributed by atoms with Gasteiger partial charge in [-0.25, -0.2) is 4.79 Å². The highest BCUT2D eigenvalue weighted by atomic mass is 16.5. The molecule has 2 heterocycles. The minimum atomic E-state index is -0.509. The van der Waals surface area contributed by atoms with Gasteiger partial charge in [0.15, 0.2) is 0 Å². The van der Waals surface area contributed by atoms with E-state index in [0.717, 1.165) is 11.1 Å². The molecule has 0 radical (unpaired) electrons. The Balaban J connectivity index is 1.65. The molecule has 0 aliphatic heterocycles. The normalized spacial score (nSPS) is 10.7. The maximum absolute atomic E-state index is 11.7. The number of esters is 1. The summed E-state index contributed by atoms with van der Waals surface area (Å²) < 4.78 is 10.2. The fourth-order valence-electron chi connectivity index (χ4n) is 1.87. The lowest BCUT2D eigenvalue weighted by Gasteiger charge is -2.02. The van der Waals surface area contributed by atoms with Crippen LogP contribution in [0.3, 0.4) is 0 Å². The van der Waals surface area contributed by atoms with Crippen LogP contribution in [0.1, 0.15) is 21.7 Å². The third kappa shape index (κ3) is 3.49. The predicted octanol–water partition coefficient (Wildman–Crippen LogP) is 4.06. The monoisotopic (exact) mass is 291 g/mol. The van der Waals surface area contributed by atoms with Crippen LogP contribution >= 0.6 is 0 Å². The van der Waals surface area contributed by atoms with E-state index in [4.69, 9.17) is 9.15 Å². The highest BCUT2D eigenvalue weighted by molar-refractivity contribution is 5.88. The second kappa shape index (κ2) is 6.54. The number of nitrogens with zero attached hydrogens (tertiary/aromatic N) is 1. The molecule has 2 aromatic heterocycles. The van der Waals surface area contributed by atoms with Gasteiger partial charge in [0.05, 0.1) is 6.26 Å². The third-order valence-corrected chi connectivity index (χ3v) is 2.99. The van der Waals surface area contributed by atoms with Crippen molar-refractivity contribution in [1.29, 1.82) is 0 Å². The molecule has 0 bridgehead atoms. The molecule has 0 saturated heterocycles. The van der Waals surface area contributed by atoms with E-state index in [0.29, 0.717) is 5.75 Å². The third-order valence-electron chi connectivity index (χ3n) is 2.99. The molecule has 0 N–H and O–H groups in total. The number of carbonyl (C=O) groups is 1. The summed E-state index contributed by atoms with van der Waals surface area (Å²) in [5.74, 6) is 0.147. The van der Waals surface area contributed by atoms with E-state index in [-0.39, 0.29) is 5.76 Å². The Morgan fingerprint density at radius 2 is 1.64 bits per heavy atom. The summed E-state index contributed by atoms with van der Waals surface area (Å²) in [6, 6.07) is 14.3. The molecule has 0 spiro atoms. The fourth-order valence-corrected chi connectivity index (χ4v) is 1.87. The summed E-state index contributed by atoms with van der Waals surface area (Å²) in [7, 11) is 0. The first-order valence-electron chi connectivity index (χ1n) is 6.75. The average Bonchev–Trinajstić information content (AvgIpc) is 3.10. The van der Waals surface area contributed by atoms with Crippen molar-refractivity contribution in [3.05, 3.63) is 84.1 Å². The van der Waals surface area contributed by atoms with Crippen molar-refractivity contribution in [2.24, 2.45) is 0 Å². The zero-order valence-electron chi connectivity index (χ0n) is 11.7. The first kappa shape index (κ1) is 13.8. The summed E-state index contributed by atoms with van der Waals surface area (Å²) >= 11 is 0. The second-order valence-corrected chi connectivity index (χ2v) is 4.55. The van der Waals surface area contributed by atoms with Crippen LogP contribution in [-0.2, 0) is 0 Å². The topological polar surface area (TPSA) is 52.3 Å². The van der Waals surface area contributed by atoms with Crippen molar-refractivity contribution >= 4 is 18.1 Å². The first-order valence-corrected chi connectivity index (χ1v) is 6.75. The summed E-state index contributed by atoms with van der Waals surface area (Å²) in [4.78, 5) is 15.7. The number of hydrogen-bond acceptors (Lipinski definition) is 4. The van der Waals surface area contributed by atoms with Crippen LogP contribution in [0.4, 0.5) is 0 Å². The van der Waals surface area contributed by atoms with Gasteiger partial charge in [-0.15, -0.1) is 0 Å². The van der Waals surface area contributed by atoms with Crippen LogP contribution in [0.5, 0.6) is 5.75 Å². The van der Waals surface area contributed by atoms with Crippen LogP contribution < -0.4 is 4.74 Å². The van der Waals surface area contributed by atoms with Crippen LogP contribution in [0.25, 0.3) is 12.2 Å². The van der Waals surface area contributed by atoms with Crippen molar-refractivity contribution in [2.45, 2.75) is 0 Å². The van der Waals surface area contributed by atoms with E-state index in [9.17, 15) is 4.79 Å². The predicted molar refractivity (Wildman–Crippen MR) is 83.3 cm³/mol. The molecule has 0 saturated carbocycles. The van der Waals surface area contributed by atoms with Gasteiger partial charge in [0.25, 0.3) is 0 Å². The number of aromatic nitrogens is 1. The van der Waals surface area contributed by atoms with E-state index in [2.05, 4.69) is 4.98 Å². The molecule has 3 rings (SSSR count). The van der Waals surface area contributed by atoms with Crippen molar-refractivity contribution < 1.29 is 13.9 Å². The highest BCUT2D eigenvalue weighted by Crippen LogP contribution is 2.16. The molecule has 22 heavy (non-hydrogen) atoms. The lowest BCUT2D eigenvalue weighted by molar-refractivity contribution is 0.0701. The van der Waals surface area contributed by atoms with E-state index in [1.807, 2.05) is 36.4 Å². The first-order chi connectivity index (χ1) is 10.8. The Bertz CT molecular complexity index is 760. The molecular weight excluding hydrogens is 278 g/mol. The van der Waals surface area contributed by atoms with Gasteiger partial charge in [-0.3, -0.25) is 4.98 Å². The quantitative estimate of drug-likeness (QED) is 0.537. The molecule has 4 nitrogen and oxygen atoms in total. The molecule has 108 valence electrons. The molecule has 0 atom stereocenters. The molecule has 0 aliphatic rings. The van der Waals surface area contributed by atoms with Gasteiger partial charge < -0.3 is 9.15 Å². The van der Waals surface area contributed by atoms with Gasteiger partial charge in [-0.05, 0) is 47.5 Å². The Hall–Kier alpha value is -3.14. The number of pyridine rings is 1. The molecule has 0 unspecified atom stereocenters. The SMILES string of the molecule is O=C(Oc1ccc(C=Cc2ccncc2)cc1)c1ccco1. The number of benzene rings is 1. The largest absolute Gasteiger partial charge is 0.457 e. The number of hydrogen-bond donors (Lipinski definition) is 0. The van der Waals surface area contributed by atoms with Crippen molar-refractivity contribution in [1.82, 2.24) is 4.98 Å². The van der Waals surface area contributed by atoms with Gasteiger partial charge >= 0.3 is 5.97 Å². The molecule has 3 aromatic rings. The maximum Gasteiger partial charge on any atom is 0.379 e. The van der Waals surface area contributed by atoms with E-state index >= 15 is 0 Å². The Labute approximate surface area is 127 Å². The lowest BCUT2D eigenvalue weighted by atomic mass is 10.1. The number of rotatable bonds is 4. The van der Waals surface area contributed by atoms with Gasteiger partial charge in [0.1, 0.15) is 5.75 Å². The van der Waals surface area contributed by atoms with E-state index in [1.54, 1.807) is 36.7 Å². The van der Waals surface area contributed by atoms with Crippen molar-refractivity contribution in [2.75, 3.05) is 0 Å². The van der Waals surface area contributed by atoms with Crippen LogP contribution in [0.2, 0.25) is 0 Å². The zero-order valence-corrected chi connectivity index (χ0v) is 11.7. The van der Waals surface area contributed by atoms with Crippen LogP contribution in [0.15, 0.2) is 71.6 Å². The molecule has 1 aromatic carbocycles. The van der Waals surface area contributed by atoms with Crippen molar-refractivity contribution in [3.63, 3.8) is 0 Å².